The maximum absolute atomic E-state index is 5.73. The predicted molar refractivity (Wildman–Crippen MR) is 80.2 cm³/mol. The first-order chi connectivity index (χ1) is 9.43. The van der Waals surface area contributed by atoms with Crippen LogP contribution in [0.2, 0.25) is 0 Å². The number of benzene rings is 1. The second kappa shape index (κ2) is 4.74. The summed E-state index contributed by atoms with van der Waals surface area (Å²) in [5.74, 6) is 1.80. The Balaban J connectivity index is 1.76. The molecule has 2 heterocycles. The molecule has 1 unspecified atom stereocenters. The van der Waals surface area contributed by atoms with Gasteiger partial charge in [-0.2, -0.15) is 0 Å². The fraction of sp³-hybridized carbons (Fsp3) is 0.333. The van der Waals surface area contributed by atoms with Gasteiger partial charge in [0.2, 0.25) is 5.79 Å². The van der Waals surface area contributed by atoms with Crippen LogP contribution < -0.4 is 14.8 Å². The summed E-state index contributed by atoms with van der Waals surface area (Å²) >= 11 is 3.31. The van der Waals surface area contributed by atoms with Crippen molar-refractivity contribution in [2.75, 3.05) is 5.32 Å². The van der Waals surface area contributed by atoms with Crippen molar-refractivity contribution >= 4 is 21.6 Å². The molecule has 0 amide bonds. The zero-order valence-electron chi connectivity index (χ0n) is 11.6. The average molecular weight is 338 g/mol. The van der Waals surface area contributed by atoms with E-state index < -0.39 is 5.79 Å². The van der Waals surface area contributed by atoms with E-state index in [9.17, 15) is 0 Å². The highest BCUT2D eigenvalue weighted by atomic mass is 79.9. The lowest BCUT2D eigenvalue weighted by Crippen LogP contribution is -2.29. The lowest BCUT2D eigenvalue weighted by molar-refractivity contribution is -0.0431. The Labute approximate surface area is 126 Å². The number of rotatable bonds is 3. The van der Waals surface area contributed by atoms with E-state index >= 15 is 0 Å². The normalized spacial score (nSPS) is 17.0. The van der Waals surface area contributed by atoms with Crippen LogP contribution in [0.1, 0.15) is 32.6 Å². The number of hydrogen-bond acceptors (Lipinski definition) is 4. The van der Waals surface area contributed by atoms with Gasteiger partial charge in [0.15, 0.2) is 16.2 Å². The minimum Gasteiger partial charge on any atom is -0.452 e. The Kier molecular flexibility index (Phi) is 3.17. The molecule has 3 rings (SSSR count). The summed E-state index contributed by atoms with van der Waals surface area (Å²) in [6.07, 6.45) is 0. The van der Waals surface area contributed by atoms with E-state index in [1.54, 1.807) is 0 Å². The Hall–Kier alpha value is -1.62. The number of anilines is 1. The van der Waals surface area contributed by atoms with Crippen LogP contribution in [0.4, 0.5) is 5.69 Å². The van der Waals surface area contributed by atoms with Crippen molar-refractivity contribution in [1.82, 2.24) is 0 Å². The molecule has 4 nitrogen and oxygen atoms in total. The fourth-order valence-electron chi connectivity index (χ4n) is 2.19. The highest BCUT2D eigenvalue weighted by Gasteiger charge is 2.31. The molecule has 2 aromatic rings. The van der Waals surface area contributed by atoms with E-state index in [1.165, 1.54) is 0 Å². The van der Waals surface area contributed by atoms with Crippen molar-refractivity contribution in [3.8, 4) is 11.5 Å². The second-order valence-corrected chi connectivity index (χ2v) is 6.05. The van der Waals surface area contributed by atoms with E-state index in [0.717, 1.165) is 27.6 Å². The standard InChI is InChI=1S/C15H16BrNO3/c1-9(11-6-7-14(16)18-11)17-10-4-5-12-13(8-10)20-15(2,3)19-12/h4-9,17H,1-3H3. The van der Waals surface area contributed by atoms with Gasteiger partial charge in [0.05, 0.1) is 6.04 Å². The van der Waals surface area contributed by atoms with Gasteiger partial charge in [0, 0.05) is 25.6 Å². The highest BCUT2D eigenvalue weighted by molar-refractivity contribution is 9.10. The smallest absolute Gasteiger partial charge is 0.246 e. The molecule has 1 N–H and O–H groups in total. The summed E-state index contributed by atoms with van der Waals surface area (Å²) in [4.78, 5) is 0. The van der Waals surface area contributed by atoms with Crippen LogP contribution in [-0.2, 0) is 0 Å². The number of nitrogens with one attached hydrogen (secondary N) is 1. The highest BCUT2D eigenvalue weighted by Crippen LogP contribution is 2.41. The van der Waals surface area contributed by atoms with Crippen LogP contribution in [0.15, 0.2) is 39.4 Å². The molecule has 1 atom stereocenters. The average Bonchev–Trinajstić information content (AvgIpc) is 2.90. The zero-order valence-corrected chi connectivity index (χ0v) is 13.2. The minimum atomic E-state index is -0.599. The van der Waals surface area contributed by atoms with Gasteiger partial charge in [-0.1, -0.05) is 0 Å². The number of furan rings is 1. The number of halogens is 1. The molecule has 1 aromatic heterocycles. The minimum absolute atomic E-state index is 0.0645. The first-order valence-corrected chi connectivity index (χ1v) is 7.26. The molecule has 0 saturated carbocycles. The van der Waals surface area contributed by atoms with E-state index in [-0.39, 0.29) is 6.04 Å². The maximum Gasteiger partial charge on any atom is 0.246 e. The summed E-state index contributed by atoms with van der Waals surface area (Å²) in [6.45, 7) is 5.83. The summed E-state index contributed by atoms with van der Waals surface area (Å²) in [5.41, 5.74) is 0.963. The van der Waals surface area contributed by atoms with Crippen LogP contribution in [0.25, 0.3) is 0 Å². The first kappa shape index (κ1) is 13.4. The lowest BCUT2D eigenvalue weighted by Gasteiger charge is -2.16. The van der Waals surface area contributed by atoms with Crippen LogP contribution >= 0.6 is 15.9 Å². The molecular weight excluding hydrogens is 322 g/mol. The monoisotopic (exact) mass is 337 g/mol. The molecule has 106 valence electrons. The Bertz CT molecular complexity index is 636. The predicted octanol–water partition coefficient (Wildman–Crippen LogP) is 4.72. The summed E-state index contributed by atoms with van der Waals surface area (Å²) in [5, 5.41) is 3.38. The van der Waals surface area contributed by atoms with Gasteiger partial charge in [-0.25, -0.2) is 0 Å². The van der Waals surface area contributed by atoms with Gasteiger partial charge < -0.3 is 19.2 Å². The Morgan fingerprint density at radius 2 is 1.85 bits per heavy atom. The third-order valence-corrected chi connectivity index (χ3v) is 3.49. The maximum atomic E-state index is 5.73. The van der Waals surface area contributed by atoms with Gasteiger partial charge in [-0.3, -0.25) is 0 Å². The van der Waals surface area contributed by atoms with Crippen molar-refractivity contribution in [1.29, 1.82) is 0 Å². The van der Waals surface area contributed by atoms with Crippen molar-refractivity contribution in [2.24, 2.45) is 0 Å². The molecule has 20 heavy (non-hydrogen) atoms. The molecule has 1 aromatic carbocycles. The fourth-order valence-corrected chi connectivity index (χ4v) is 2.51. The van der Waals surface area contributed by atoms with Crippen LogP contribution in [0.3, 0.4) is 0 Å². The third-order valence-electron chi connectivity index (χ3n) is 3.06. The molecule has 0 saturated heterocycles. The van der Waals surface area contributed by atoms with Gasteiger partial charge in [0.25, 0.3) is 0 Å². The largest absolute Gasteiger partial charge is 0.452 e. The molecule has 1 aliphatic rings. The summed E-state index contributed by atoms with van der Waals surface area (Å²) in [6, 6.07) is 9.72. The molecule has 5 heteroatoms. The van der Waals surface area contributed by atoms with Crippen molar-refractivity contribution in [3.05, 3.63) is 40.8 Å². The lowest BCUT2D eigenvalue weighted by atomic mass is 10.2. The van der Waals surface area contributed by atoms with Crippen molar-refractivity contribution < 1.29 is 13.9 Å². The van der Waals surface area contributed by atoms with Gasteiger partial charge in [-0.15, -0.1) is 0 Å². The number of ether oxygens (including phenoxy) is 2. The quantitative estimate of drug-likeness (QED) is 0.879. The van der Waals surface area contributed by atoms with Crippen LogP contribution in [-0.4, -0.2) is 5.79 Å². The Morgan fingerprint density at radius 1 is 1.10 bits per heavy atom. The third kappa shape index (κ3) is 2.63. The summed E-state index contributed by atoms with van der Waals surface area (Å²) in [7, 11) is 0. The van der Waals surface area contributed by atoms with Crippen molar-refractivity contribution in [2.45, 2.75) is 32.6 Å². The van der Waals surface area contributed by atoms with Gasteiger partial charge in [-0.05, 0) is 47.1 Å². The van der Waals surface area contributed by atoms with E-state index in [4.69, 9.17) is 13.9 Å². The van der Waals surface area contributed by atoms with Crippen LogP contribution in [0.5, 0.6) is 11.5 Å². The van der Waals surface area contributed by atoms with E-state index in [2.05, 4.69) is 21.2 Å². The SMILES string of the molecule is CC(Nc1ccc2c(c1)OC(C)(C)O2)c1ccc(Br)o1. The molecular formula is C15H16BrNO3. The van der Waals surface area contributed by atoms with E-state index in [0.29, 0.717) is 0 Å². The molecule has 0 spiro atoms. The first-order valence-electron chi connectivity index (χ1n) is 6.47. The molecule has 0 bridgehead atoms. The molecule has 1 aliphatic heterocycles. The Morgan fingerprint density at radius 3 is 2.55 bits per heavy atom. The number of fused-ring (bicyclic) bond motifs is 1. The van der Waals surface area contributed by atoms with Crippen LogP contribution in [0, 0.1) is 0 Å². The zero-order chi connectivity index (χ0) is 14.3. The van der Waals surface area contributed by atoms with E-state index in [1.807, 2.05) is 51.1 Å². The second-order valence-electron chi connectivity index (χ2n) is 5.27. The van der Waals surface area contributed by atoms with Gasteiger partial charge in [0.1, 0.15) is 5.76 Å². The van der Waals surface area contributed by atoms with Gasteiger partial charge >= 0.3 is 0 Å². The summed E-state index contributed by atoms with van der Waals surface area (Å²) < 4.78 is 17.7. The number of hydrogen-bond donors (Lipinski definition) is 1. The molecule has 0 radical (unpaired) electrons. The molecule has 0 fully saturated rings. The van der Waals surface area contributed by atoms with Crippen molar-refractivity contribution in [3.63, 3.8) is 0 Å². The topological polar surface area (TPSA) is 43.6 Å². The molecule has 0 aliphatic carbocycles.